The number of hydrogen-bond acceptors (Lipinski definition) is 8. The Labute approximate surface area is 213 Å². The molecule has 1 aromatic rings. The molecule has 9 nitrogen and oxygen atoms in total. The normalized spacial score (nSPS) is 20.4. The van der Waals surface area contributed by atoms with E-state index in [1.165, 1.54) is 19.3 Å². The molecule has 0 bridgehead atoms. The van der Waals surface area contributed by atoms with Crippen molar-refractivity contribution in [1.29, 1.82) is 0 Å². The number of benzene rings is 1. The molecule has 0 spiro atoms. The van der Waals surface area contributed by atoms with Crippen LogP contribution in [0.25, 0.3) is 0 Å². The fourth-order valence-electron chi connectivity index (χ4n) is 4.27. The summed E-state index contributed by atoms with van der Waals surface area (Å²) in [5, 5.41) is 15.3. The summed E-state index contributed by atoms with van der Waals surface area (Å²) in [4.78, 5) is 36.5. The van der Waals surface area contributed by atoms with Crippen molar-refractivity contribution in [1.82, 2.24) is 5.32 Å². The number of allylic oxidation sites excluding steroid dienone is 7. The zero-order valence-corrected chi connectivity index (χ0v) is 21.1. The highest BCUT2D eigenvalue weighted by atomic mass is 35.5. The van der Waals surface area contributed by atoms with Crippen molar-refractivity contribution in [2.24, 2.45) is 11.8 Å². The zero-order chi connectivity index (χ0) is 26.4. The fraction of sp³-hybridized carbons (Fsp3) is 0.346. The van der Waals surface area contributed by atoms with E-state index in [2.05, 4.69) is 5.32 Å². The van der Waals surface area contributed by atoms with Crippen molar-refractivity contribution in [3.05, 3.63) is 97.2 Å². The Kier molecular flexibility index (Phi) is 8.88. The van der Waals surface area contributed by atoms with E-state index in [1.54, 1.807) is 57.1 Å². The first-order valence-corrected chi connectivity index (χ1v) is 11.6. The number of nitrogens with zero attached hydrogens (tertiary/aromatic N) is 1. The highest BCUT2D eigenvalue weighted by Crippen LogP contribution is 2.43. The Bertz CT molecular complexity index is 1210. The minimum Gasteiger partial charge on any atom is -0.493 e. The van der Waals surface area contributed by atoms with Gasteiger partial charge in [0, 0.05) is 29.8 Å². The van der Waals surface area contributed by atoms with Gasteiger partial charge in [0.05, 0.1) is 28.7 Å². The molecule has 0 radical (unpaired) electrons. The van der Waals surface area contributed by atoms with Crippen LogP contribution in [0, 0.1) is 22.0 Å². The molecule has 3 unspecified atom stereocenters. The largest absolute Gasteiger partial charge is 0.493 e. The predicted molar refractivity (Wildman–Crippen MR) is 133 cm³/mol. The molecule has 0 saturated heterocycles. The second kappa shape index (κ2) is 11.9. The number of nitrogens with one attached hydrogen (secondary N) is 1. The van der Waals surface area contributed by atoms with Crippen LogP contribution in [0.5, 0.6) is 0 Å². The maximum Gasteiger partial charge on any atom is 0.337 e. The maximum absolute atomic E-state index is 13.6. The minimum atomic E-state index is -0.883. The van der Waals surface area contributed by atoms with Gasteiger partial charge in [-0.05, 0) is 38.5 Å². The van der Waals surface area contributed by atoms with Gasteiger partial charge in [-0.1, -0.05) is 35.9 Å². The highest BCUT2D eigenvalue weighted by molar-refractivity contribution is 6.30. The predicted octanol–water partition coefficient (Wildman–Crippen LogP) is 4.44. The van der Waals surface area contributed by atoms with E-state index in [1.807, 2.05) is 0 Å². The summed E-state index contributed by atoms with van der Waals surface area (Å²) in [5.74, 6) is -0.320. The highest BCUT2D eigenvalue weighted by Gasteiger charge is 2.44. The van der Waals surface area contributed by atoms with Gasteiger partial charge in [0.2, 0.25) is 0 Å². The molecule has 1 aliphatic heterocycles. The molecule has 0 fully saturated rings. The van der Waals surface area contributed by atoms with Gasteiger partial charge in [-0.2, -0.15) is 0 Å². The van der Waals surface area contributed by atoms with Crippen molar-refractivity contribution >= 4 is 23.5 Å². The van der Waals surface area contributed by atoms with E-state index in [0.29, 0.717) is 22.2 Å². The summed E-state index contributed by atoms with van der Waals surface area (Å²) >= 11 is 5.97. The van der Waals surface area contributed by atoms with Crippen LogP contribution >= 0.6 is 11.6 Å². The van der Waals surface area contributed by atoms with Crippen LogP contribution in [-0.2, 0) is 23.8 Å². The Hall–Kier alpha value is -3.65. The molecule has 1 heterocycles. The molecular weight excluding hydrogens is 488 g/mol. The molecular formula is C26H27ClN2O7. The van der Waals surface area contributed by atoms with E-state index < -0.39 is 28.8 Å². The smallest absolute Gasteiger partial charge is 0.337 e. The Morgan fingerprint density at radius 3 is 2.53 bits per heavy atom. The number of rotatable bonds is 9. The third-order valence-corrected chi connectivity index (χ3v) is 6.23. The molecule has 3 rings (SSSR count). The van der Waals surface area contributed by atoms with E-state index in [9.17, 15) is 19.7 Å². The molecule has 1 aromatic carbocycles. The van der Waals surface area contributed by atoms with Crippen LogP contribution < -0.4 is 5.32 Å². The average Bonchev–Trinajstić information content (AvgIpc) is 2.84. The van der Waals surface area contributed by atoms with Crippen molar-refractivity contribution in [3.8, 4) is 0 Å². The SMILES string of the molecule is COCCOC1=C(C)NC(C)=C(C(=O)OC(C)c2ccc(Cl)cc2)C1C1C=CC=C([N+](=O)[O-])C1=C=O. The number of carbonyl (C=O) groups is 1. The summed E-state index contributed by atoms with van der Waals surface area (Å²) in [6.07, 6.45) is 3.73. The van der Waals surface area contributed by atoms with Crippen LogP contribution in [0.2, 0.25) is 5.02 Å². The zero-order valence-electron chi connectivity index (χ0n) is 20.4. The van der Waals surface area contributed by atoms with Gasteiger partial charge in [0.15, 0.2) is 0 Å². The monoisotopic (exact) mass is 514 g/mol. The Morgan fingerprint density at radius 2 is 1.92 bits per heavy atom. The molecule has 0 aromatic heterocycles. The van der Waals surface area contributed by atoms with Crippen molar-refractivity contribution in [3.63, 3.8) is 0 Å². The molecule has 1 aliphatic carbocycles. The third-order valence-electron chi connectivity index (χ3n) is 5.98. The lowest BCUT2D eigenvalue weighted by molar-refractivity contribution is -0.421. The Balaban J connectivity index is 2.04. The number of halogens is 1. The van der Waals surface area contributed by atoms with Crippen molar-refractivity contribution in [2.75, 3.05) is 20.3 Å². The number of hydrogen-bond donors (Lipinski definition) is 1. The van der Waals surface area contributed by atoms with Gasteiger partial charge in [-0.25, -0.2) is 9.59 Å². The van der Waals surface area contributed by atoms with Crippen LogP contribution in [-0.4, -0.2) is 37.2 Å². The van der Waals surface area contributed by atoms with E-state index in [-0.39, 0.29) is 30.1 Å². The lowest BCUT2D eigenvalue weighted by Gasteiger charge is -2.35. The number of carbonyl (C=O) groups excluding carboxylic acids is 2. The average molecular weight is 515 g/mol. The van der Waals surface area contributed by atoms with Gasteiger partial charge in [0.1, 0.15) is 30.0 Å². The van der Waals surface area contributed by atoms with Gasteiger partial charge in [-0.3, -0.25) is 10.1 Å². The first kappa shape index (κ1) is 26.9. The third kappa shape index (κ3) is 5.76. The topological polar surface area (TPSA) is 117 Å². The standard InChI is InChI=1S/C26H27ClN2O7/c1-15-23(26(31)36-17(3)18-8-10-19(27)11-9-18)24(25(16(2)28-15)35-13-12-34-4)20-6-5-7-22(29(32)33)21(20)14-30/h5-11,17,20,24,28H,12-13H2,1-4H3. The first-order chi connectivity index (χ1) is 17.2. The van der Waals surface area contributed by atoms with Crippen molar-refractivity contribution in [2.45, 2.75) is 26.9 Å². The van der Waals surface area contributed by atoms with E-state index >= 15 is 0 Å². The van der Waals surface area contributed by atoms with E-state index in [0.717, 1.165) is 5.56 Å². The number of dihydropyridines is 1. The van der Waals surface area contributed by atoms with Gasteiger partial charge < -0.3 is 19.5 Å². The number of methoxy groups -OCH3 is 1. The number of ether oxygens (including phenoxy) is 3. The van der Waals surface area contributed by atoms with E-state index in [4.69, 9.17) is 25.8 Å². The summed E-state index contributed by atoms with van der Waals surface area (Å²) in [6, 6.07) is 6.91. The summed E-state index contributed by atoms with van der Waals surface area (Å²) < 4.78 is 16.9. The molecule has 10 heteroatoms. The van der Waals surface area contributed by atoms with Crippen LogP contribution in [0.15, 0.2) is 76.5 Å². The minimum absolute atomic E-state index is 0.165. The molecule has 1 N–H and O–H groups in total. The van der Waals surface area contributed by atoms with Gasteiger partial charge >= 0.3 is 5.97 Å². The summed E-state index contributed by atoms with van der Waals surface area (Å²) in [5.41, 5.74) is 1.45. The molecule has 0 amide bonds. The van der Waals surface area contributed by atoms with Gasteiger partial charge in [-0.15, -0.1) is 0 Å². The first-order valence-electron chi connectivity index (χ1n) is 11.2. The molecule has 2 aliphatic rings. The summed E-state index contributed by atoms with van der Waals surface area (Å²) in [6.45, 7) is 5.63. The molecule has 190 valence electrons. The number of nitro groups is 1. The summed E-state index contributed by atoms with van der Waals surface area (Å²) in [7, 11) is 1.53. The van der Waals surface area contributed by atoms with Crippen LogP contribution in [0.4, 0.5) is 0 Å². The molecule has 36 heavy (non-hydrogen) atoms. The lowest BCUT2D eigenvalue weighted by Crippen LogP contribution is -2.36. The van der Waals surface area contributed by atoms with Gasteiger partial charge in [0.25, 0.3) is 5.70 Å². The molecule has 3 atom stereocenters. The quantitative estimate of drug-likeness (QED) is 0.169. The fourth-order valence-corrected chi connectivity index (χ4v) is 4.40. The molecule has 0 saturated carbocycles. The van der Waals surface area contributed by atoms with Crippen LogP contribution in [0.1, 0.15) is 32.4 Å². The second-order valence-electron chi connectivity index (χ2n) is 8.31. The van der Waals surface area contributed by atoms with Crippen molar-refractivity contribution < 1.29 is 28.7 Å². The second-order valence-corrected chi connectivity index (χ2v) is 8.74. The maximum atomic E-state index is 13.6. The number of esters is 1. The lowest BCUT2D eigenvalue weighted by atomic mass is 9.75. The van der Waals surface area contributed by atoms with Crippen LogP contribution in [0.3, 0.4) is 0 Å². The Morgan fingerprint density at radius 1 is 1.22 bits per heavy atom.